The van der Waals surface area contributed by atoms with Gasteiger partial charge in [-0.05, 0) is 24.7 Å². The highest BCUT2D eigenvalue weighted by Crippen LogP contribution is 2.29. The highest BCUT2D eigenvalue weighted by atomic mass is 16.3. The molecule has 2 atom stereocenters. The van der Waals surface area contributed by atoms with Crippen LogP contribution in [-0.2, 0) is 0 Å². The van der Waals surface area contributed by atoms with Gasteiger partial charge in [-0.2, -0.15) is 0 Å². The highest BCUT2D eigenvalue weighted by Gasteiger charge is 2.23. The highest BCUT2D eigenvalue weighted by molar-refractivity contribution is 4.77. The van der Waals surface area contributed by atoms with Crippen LogP contribution in [-0.4, -0.2) is 60.8 Å². The first-order valence-electron chi connectivity index (χ1n) is 7.33. The Balaban J connectivity index is 1.67. The van der Waals surface area contributed by atoms with Gasteiger partial charge in [0.2, 0.25) is 0 Å². The molecule has 1 N–H and O–H groups in total. The smallest absolute Gasteiger partial charge is 0.0558 e. The minimum absolute atomic E-state index is 0.306. The molecule has 0 aromatic rings. The Morgan fingerprint density at radius 3 is 2.41 bits per heavy atom. The first kappa shape index (κ1) is 13.3. The van der Waals surface area contributed by atoms with Gasteiger partial charge in [0.25, 0.3) is 0 Å². The van der Waals surface area contributed by atoms with E-state index in [-0.39, 0.29) is 0 Å². The summed E-state index contributed by atoms with van der Waals surface area (Å²) in [6.45, 7) is 9.57. The second-order valence-corrected chi connectivity index (χ2v) is 6.00. The van der Waals surface area contributed by atoms with Crippen LogP contribution in [0.3, 0.4) is 0 Å². The average Bonchev–Trinajstić information content (AvgIpc) is 2.32. The molecule has 0 spiro atoms. The zero-order valence-corrected chi connectivity index (χ0v) is 11.3. The monoisotopic (exact) mass is 240 g/mol. The zero-order chi connectivity index (χ0) is 12.1. The third kappa shape index (κ3) is 4.23. The second kappa shape index (κ2) is 6.72. The van der Waals surface area contributed by atoms with Crippen LogP contribution in [0, 0.1) is 11.8 Å². The second-order valence-electron chi connectivity index (χ2n) is 6.00. The fourth-order valence-electron chi connectivity index (χ4n) is 3.43. The lowest BCUT2D eigenvalue weighted by molar-refractivity contribution is 0.0914. The molecule has 3 heteroatoms. The van der Waals surface area contributed by atoms with Gasteiger partial charge in [-0.15, -0.1) is 0 Å². The Morgan fingerprint density at radius 2 is 1.76 bits per heavy atom. The van der Waals surface area contributed by atoms with Crippen LogP contribution >= 0.6 is 0 Å². The fourth-order valence-corrected chi connectivity index (χ4v) is 3.43. The molecule has 3 nitrogen and oxygen atoms in total. The third-order valence-electron chi connectivity index (χ3n) is 4.44. The van der Waals surface area contributed by atoms with E-state index < -0.39 is 0 Å². The van der Waals surface area contributed by atoms with Gasteiger partial charge in [-0.25, -0.2) is 0 Å². The van der Waals surface area contributed by atoms with Gasteiger partial charge in [0.1, 0.15) is 0 Å². The molecule has 1 aliphatic heterocycles. The molecule has 100 valence electrons. The van der Waals surface area contributed by atoms with Crippen LogP contribution in [0.5, 0.6) is 0 Å². The molecule has 0 aromatic carbocycles. The Kier molecular flexibility index (Phi) is 5.26. The van der Waals surface area contributed by atoms with E-state index in [1.807, 2.05) is 0 Å². The van der Waals surface area contributed by atoms with Crippen molar-refractivity contribution in [1.82, 2.24) is 9.80 Å². The number of hydrogen-bond acceptors (Lipinski definition) is 3. The molecule has 1 aliphatic carbocycles. The molecule has 0 radical (unpaired) electrons. The molecule has 2 unspecified atom stereocenters. The third-order valence-corrected chi connectivity index (χ3v) is 4.44. The predicted molar refractivity (Wildman–Crippen MR) is 71.1 cm³/mol. The molecule has 0 aromatic heterocycles. The van der Waals surface area contributed by atoms with Crippen molar-refractivity contribution in [2.75, 3.05) is 45.9 Å². The summed E-state index contributed by atoms with van der Waals surface area (Å²) in [5.41, 5.74) is 0. The standard InChI is InChI=1S/C14H28N2O/c1-13-3-2-4-14(11-13)12-16-7-5-15(6-8-16)9-10-17/h13-14,17H,2-12H2,1H3. The average molecular weight is 240 g/mol. The van der Waals surface area contributed by atoms with E-state index in [9.17, 15) is 0 Å². The van der Waals surface area contributed by atoms with Crippen molar-refractivity contribution in [1.29, 1.82) is 0 Å². The van der Waals surface area contributed by atoms with Gasteiger partial charge in [-0.3, -0.25) is 4.90 Å². The van der Waals surface area contributed by atoms with Crippen molar-refractivity contribution in [2.45, 2.75) is 32.6 Å². The Bertz CT molecular complexity index is 214. The predicted octanol–water partition coefficient (Wildman–Crippen LogP) is 1.42. The van der Waals surface area contributed by atoms with Crippen LogP contribution < -0.4 is 0 Å². The van der Waals surface area contributed by atoms with Crippen molar-refractivity contribution in [3.05, 3.63) is 0 Å². The lowest BCUT2D eigenvalue weighted by Gasteiger charge is -2.37. The molecule has 2 fully saturated rings. The summed E-state index contributed by atoms with van der Waals surface area (Å²) >= 11 is 0. The van der Waals surface area contributed by atoms with Gasteiger partial charge < -0.3 is 10.0 Å². The number of aliphatic hydroxyl groups excluding tert-OH is 1. The molecule has 0 amide bonds. The van der Waals surface area contributed by atoms with Gasteiger partial charge in [0.15, 0.2) is 0 Å². The Hall–Kier alpha value is -0.120. The maximum atomic E-state index is 8.92. The van der Waals surface area contributed by atoms with E-state index in [4.69, 9.17) is 5.11 Å². The van der Waals surface area contributed by atoms with Crippen molar-refractivity contribution in [3.63, 3.8) is 0 Å². The van der Waals surface area contributed by atoms with Crippen LogP contribution in [0.1, 0.15) is 32.6 Å². The summed E-state index contributed by atoms with van der Waals surface area (Å²) in [5, 5.41) is 8.92. The van der Waals surface area contributed by atoms with Gasteiger partial charge >= 0.3 is 0 Å². The first-order valence-corrected chi connectivity index (χ1v) is 7.33. The van der Waals surface area contributed by atoms with E-state index in [1.165, 1.54) is 45.3 Å². The molecule has 1 heterocycles. The number of aliphatic hydroxyl groups is 1. The molecule has 2 aliphatic rings. The van der Waals surface area contributed by atoms with Crippen LogP contribution in [0.2, 0.25) is 0 Å². The van der Waals surface area contributed by atoms with E-state index >= 15 is 0 Å². The van der Waals surface area contributed by atoms with Crippen molar-refractivity contribution in [2.24, 2.45) is 11.8 Å². The van der Waals surface area contributed by atoms with Gasteiger partial charge in [0.05, 0.1) is 6.61 Å². The van der Waals surface area contributed by atoms with Crippen LogP contribution in [0.4, 0.5) is 0 Å². The summed E-state index contributed by atoms with van der Waals surface area (Å²) in [5.74, 6) is 1.90. The molecule has 1 saturated heterocycles. The first-order chi connectivity index (χ1) is 8.28. The van der Waals surface area contributed by atoms with E-state index in [0.29, 0.717) is 6.61 Å². The topological polar surface area (TPSA) is 26.7 Å². The van der Waals surface area contributed by atoms with Crippen molar-refractivity contribution < 1.29 is 5.11 Å². The van der Waals surface area contributed by atoms with E-state index in [2.05, 4.69) is 16.7 Å². The molecule has 1 saturated carbocycles. The van der Waals surface area contributed by atoms with Crippen molar-refractivity contribution in [3.8, 4) is 0 Å². The minimum Gasteiger partial charge on any atom is -0.395 e. The van der Waals surface area contributed by atoms with Gasteiger partial charge in [0, 0.05) is 39.3 Å². The molecule has 17 heavy (non-hydrogen) atoms. The van der Waals surface area contributed by atoms with Crippen molar-refractivity contribution >= 4 is 0 Å². The normalized spacial score (nSPS) is 32.8. The number of hydrogen-bond donors (Lipinski definition) is 1. The SMILES string of the molecule is CC1CCCC(CN2CCN(CCO)CC2)C1. The Morgan fingerprint density at radius 1 is 1.06 bits per heavy atom. The van der Waals surface area contributed by atoms with Crippen LogP contribution in [0.15, 0.2) is 0 Å². The number of β-amino-alcohol motifs (C(OH)–C–C–N with tert-alkyl or cyclic N) is 1. The number of rotatable bonds is 4. The summed E-state index contributed by atoms with van der Waals surface area (Å²) in [7, 11) is 0. The van der Waals surface area contributed by atoms with E-state index in [1.54, 1.807) is 0 Å². The maximum Gasteiger partial charge on any atom is 0.0558 e. The summed E-state index contributed by atoms with van der Waals surface area (Å²) < 4.78 is 0. The largest absolute Gasteiger partial charge is 0.395 e. The van der Waals surface area contributed by atoms with Crippen LogP contribution in [0.25, 0.3) is 0 Å². The van der Waals surface area contributed by atoms with E-state index in [0.717, 1.165) is 31.5 Å². The summed E-state index contributed by atoms with van der Waals surface area (Å²) in [4.78, 5) is 5.01. The maximum absolute atomic E-state index is 8.92. The summed E-state index contributed by atoms with van der Waals surface area (Å²) in [6, 6.07) is 0. The lowest BCUT2D eigenvalue weighted by Crippen LogP contribution is -2.48. The minimum atomic E-state index is 0.306. The Labute approximate surface area is 106 Å². The quantitative estimate of drug-likeness (QED) is 0.805. The molecule has 2 rings (SSSR count). The summed E-state index contributed by atoms with van der Waals surface area (Å²) in [6.07, 6.45) is 5.77. The lowest BCUT2D eigenvalue weighted by atomic mass is 9.82. The fraction of sp³-hybridized carbons (Fsp3) is 1.00. The van der Waals surface area contributed by atoms with Gasteiger partial charge in [-0.1, -0.05) is 19.8 Å². The molecular formula is C14H28N2O. The number of nitrogens with zero attached hydrogens (tertiary/aromatic N) is 2. The number of piperazine rings is 1. The molecular weight excluding hydrogens is 212 g/mol. The zero-order valence-electron chi connectivity index (χ0n) is 11.3. The molecule has 0 bridgehead atoms.